The van der Waals surface area contributed by atoms with Crippen LogP contribution in [0, 0.1) is 6.92 Å². The number of benzene rings is 2. The Morgan fingerprint density at radius 2 is 1.68 bits per heavy atom. The smallest absolute Gasteiger partial charge is 0.337 e. The van der Waals surface area contributed by atoms with E-state index < -0.39 is 16.0 Å². The lowest BCUT2D eigenvalue weighted by Crippen LogP contribution is -2.29. The fourth-order valence-corrected chi connectivity index (χ4v) is 3.97. The van der Waals surface area contributed by atoms with Gasteiger partial charge < -0.3 is 4.74 Å². The van der Waals surface area contributed by atoms with Gasteiger partial charge in [0.15, 0.2) is 0 Å². The Labute approximate surface area is 149 Å². The maximum atomic E-state index is 12.5. The summed E-state index contributed by atoms with van der Waals surface area (Å²) in [5, 5.41) is 0. The first-order valence-electron chi connectivity index (χ1n) is 8.08. The number of methoxy groups -OCH3 is 1. The van der Waals surface area contributed by atoms with E-state index in [-0.39, 0.29) is 11.8 Å². The SMILES string of the molecule is CC[C@H](NS(=O)(=O)Cc1ccc(C(=O)OC)cc1)c1ccc(C)cc1. The van der Waals surface area contributed by atoms with Gasteiger partial charge in [-0.15, -0.1) is 0 Å². The number of nitrogens with one attached hydrogen (secondary N) is 1. The van der Waals surface area contributed by atoms with Gasteiger partial charge in [-0.05, 0) is 36.6 Å². The highest BCUT2D eigenvalue weighted by atomic mass is 32.2. The Bertz CT molecular complexity index is 812. The quantitative estimate of drug-likeness (QED) is 0.768. The van der Waals surface area contributed by atoms with Crippen molar-refractivity contribution < 1.29 is 17.9 Å². The molecule has 0 saturated carbocycles. The van der Waals surface area contributed by atoms with Gasteiger partial charge in [0.05, 0.1) is 18.4 Å². The summed E-state index contributed by atoms with van der Waals surface area (Å²) < 4.78 is 32.4. The van der Waals surface area contributed by atoms with Gasteiger partial charge in [-0.1, -0.05) is 48.9 Å². The Morgan fingerprint density at radius 1 is 1.08 bits per heavy atom. The second-order valence-electron chi connectivity index (χ2n) is 5.94. The summed E-state index contributed by atoms with van der Waals surface area (Å²) in [6, 6.07) is 13.9. The van der Waals surface area contributed by atoms with Gasteiger partial charge in [0.2, 0.25) is 10.0 Å². The van der Waals surface area contributed by atoms with E-state index in [4.69, 9.17) is 0 Å². The largest absolute Gasteiger partial charge is 0.465 e. The predicted molar refractivity (Wildman–Crippen MR) is 97.8 cm³/mol. The van der Waals surface area contributed by atoms with Crippen LogP contribution in [0.15, 0.2) is 48.5 Å². The van der Waals surface area contributed by atoms with Gasteiger partial charge in [0.25, 0.3) is 0 Å². The summed E-state index contributed by atoms with van der Waals surface area (Å²) in [6.45, 7) is 3.94. The van der Waals surface area contributed by atoms with E-state index in [2.05, 4.69) is 9.46 Å². The first-order valence-corrected chi connectivity index (χ1v) is 9.73. The molecule has 25 heavy (non-hydrogen) atoms. The summed E-state index contributed by atoms with van der Waals surface area (Å²) in [6.07, 6.45) is 0.656. The molecule has 1 atom stereocenters. The van der Waals surface area contributed by atoms with Crippen molar-refractivity contribution in [3.63, 3.8) is 0 Å². The van der Waals surface area contributed by atoms with Crippen molar-refractivity contribution in [3.8, 4) is 0 Å². The third kappa shape index (κ3) is 5.41. The standard InChI is InChI=1S/C19H23NO4S/c1-4-18(16-9-5-14(2)6-10-16)20-25(22,23)13-15-7-11-17(12-8-15)19(21)24-3/h5-12,18,20H,4,13H2,1-3H3/t18-/m0/s1. The molecule has 0 aliphatic rings. The minimum absolute atomic E-state index is 0.142. The number of esters is 1. The lowest BCUT2D eigenvalue weighted by molar-refractivity contribution is 0.0600. The third-order valence-corrected chi connectivity index (χ3v) is 5.30. The number of hydrogen-bond donors (Lipinski definition) is 1. The topological polar surface area (TPSA) is 72.5 Å². The van der Waals surface area contributed by atoms with Gasteiger partial charge in [-0.25, -0.2) is 17.9 Å². The molecule has 5 nitrogen and oxygen atoms in total. The molecule has 0 bridgehead atoms. The number of rotatable bonds is 7. The highest BCUT2D eigenvalue weighted by molar-refractivity contribution is 7.88. The number of carbonyl (C=O) groups is 1. The van der Waals surface area contributed by atoms with Crippen LogP contribution in [0.5, 0.6) is 0 Å². The van der Waals surface area contributed by atoms with E-state index in [9.17, 15) is 13.2 Å². The first-order chi connectivity index (χ1) is 11.8. The first kappa shape index (κ1) is 19.1. The lowest BCUT2D eigenvalue weighted by Gasteiger charge is -2.18. The van der Waals surface area contributed by atoms with Crippen LogP contribution in [0.25, 0.3) is 0 Å². The Kier molecular flexibility index (Phi) is 6.33. The average molecular weight is 361 g/mol. The molecule has 0 fully saturated rings. The van der Waals surface area contributed by atoms with Crippen molar-refractivity contribution in [2.75, 3.05) is 7.11 Å². The average Bonchev–Trinajstić information content (AvgIpc) is 2.60. The van der Waals surface area contributed by atoms with Crippen LogP contribution in [-0.4, -0.2) is 21.5 Å². The molecule has 2 aromatic rings. The van der Waals surface area contributed by atoms with Crippen LogP contribution in [0.3, 0.4) is 0 Å². The molecule has 0 aliphatic carbocycles. The Morgan fingerprint density at radius 3 is 2.20 bits per heavy atom. The van der Waals surface area contributed by atoms with Crippen LogP contribution in [0.2, 0.25) is 0 Å². The number of ether oxygens (including phenoxy) is 1. The number of carbonyl (C=O) groups excluding carboxylic acids is 1. The van der Waals surface area contributed by atoms with Gasteiger partial charge in [-0.3, -0.25) is 0 Å². The second-order valence-corrected chi connectivity index (χ2v) is 7.69. The summed E-state index contributed by atoms with van der Waals surface area (Å²) >= 11 is 0. The van der Waals surface area contributed by atoms with Crippen LogP contribution >= 0.6 is 0 Å². The minimum atomic E-state index is -3.51. The highest BCUT2D eigenvalue weighted by Crippen LogP contribution is 2.19. The van der Waals surface area contributed by atoms with Gasteiger partial charge in [0.1, 0.15) is 0 Å². The van der Waals surface area contributed by atoms with Crippen molar-refractivity contribution in [2.24, 2.45) is 0 Å². The zero-order chi connectivity index (χ0) is 18.4. The van der Waals surface area contributed by atoms with Crippen molar-refractivity contribution >= 4 is 16.0 Å². The number of sulfonamides is 1. The molecule has 1 N–H and O–H groups in total. The lowest BCUT2D eigenvalue weighted by atomic mass is 10.0. The molecule has 0 amide bonds. The van der Waals surface area contributed by atoms with Crippen molar-refractivity contribution in [2.45, 2.75) is 32.1 Å². The second kappa shape index (κ2) is 8.27. The van der Waals surface area contributed by atoms with Crippen molar-refractivity contribution in [1.29, 1.82) is 0 Å². The molecule has 0 saturated heterocycles. The fourth-order valence-electron chi connectivity index (χ4n) is 2.52. The van der Waals surface area contributed by atoms with Crippen LogP contribution < -0.4 is 4.72 Å². The van der Waals surface area contributed by atoms with Gasteiger partial charge >= 0.3 is 5.97 Å². The van der Waals surface area contributed by atoms with Crippen molar-refractivity contribution in [3.05, 3.63) is 70.8 Å². The molecule has 134 valence electrons. The van der Waals surface area contributed by atoms with Crippen LogP contribution in [0.1, 0.15) is 46.4 Å². The summed E-state index contributed by atoms with van der Waals surface area (Å²) in [7, 11) is -2.20. The highest BCUT2D eigenvalue weighted by Gasteiger charge is 2.19. The molecule has 2 rings (SSSR count). The minimum Gasteiger partial charge on any atom is -0.465 e. The predicted octanol–water partition coefficient (Wildman–Crippen LogP) is 3.35. The van der Waals surface area contributed by atoms with Gasteiger partial charge in [0, 0.05) is 6.04 Å². The maximum absolute atomic E-state index is 12.5. The van der Waals surface area contributed by atoms with E-state index in [1.807, 2.05) is 38.1 Å². The van der Waals surface area contributed by atoms with E-state index in [1.54, 1.807) is 24.3 Å². The maximum Gasteiger partial charge on any atom is 0.337 e. The monoisotopic (exact) mass is 361 g/mol. The molecule has 0 aromatic heterocycles. The summed E-state index contributed by atoms with van der Waals surface area (Å²) in [5.74, 6) is -0.588. The molecule has 0 heterocycles. The zero-order valence-corrected chi connectivity index (χ0v) is 15.5. The van der Waals surface area contributed by atoms with Crippen molar-refractivity contribution in [1.82, 2.24) is 4.72 Å². The van der Waals surface area contributed by atoms with E-state index in [0.717, 1.165) is 11.1 Å². The molecule has 2 aromatic carbocycles. The van der Waals surface area contributed by atoms with E-state index in [0.29, 0.717) is 17.5 Å². The van der Waals surface area contributed by atoms with Crippen LogP contribution in [-0.2, 0) is 20.5 Å². The third-order valence-electron chi connectivity index (χ3n) is 3.94. The summed E-state index contributed by atoms with van der Waals surface area (Å²) in [4.78, 5) is 11.4. The zero-order valence-electron chi connectivity index (χ0n) is 14.7. The van der Waals surface area contributed by atoms with Gasteiger partial charge in [-0.2, -0.15) is 0 Å². The van der Waals surface area contributed by atoms with E-state index in [1.165, 1.54) is 7.11 Å². The van der Waals surface area contributed by atoms with Crippen LogP contribution in [0.4, 0.5) is 0 Å². The molecule has 6 heteroatoms. The molecular weight excluding hydrogens is 338 g/mol. The fraction of sp³-hybridized carbons (Fsp3) is 0.316. The Balaban J connectivity index is 2.09. The summed E-state index contributed by atoms with van der Waals surface area (Å²) in [5.41, 5.74) is 3.08. The molecule has 0 radical (unpaired) electrons. The molecule has 0 spiro atoms. The molecular formula is C19H23NO4S. The molecule has 0 unspecified atom stereocenters. The normalized spacial score (nSPS) is 12.6. The van der Waals surface area contributed by atoms with E-state index >= 15 is 0 Å². The molecule has 0 aliphatic heterocycles. The number of hydrogen-bond acceptors (Lipinski definition) is 4. The number of aryl methyl sites for hydroxylation is 1. The Hall–Kier alpha value is -2.18.